The van der Waals surface area contributed by atoms with Crippen molar-refractivity contribution in [1.82, 2.24) is 0 Å². The van der Waals surface area contributed by atoms with Crippen molar-refractivity contribution in [2.45, 2.75) is 91.1 Å². The van der Waals surface area contributed by atoms with Gasteiger partial charge in [0.2, 0.25) is 0 Å². The Morgan fingerprint density at radius 3 is 2.31 bits per heavy atom. The average molecular weight is 377 g/mol. The van der Waals surface area contributed by atoms with Crippen LogP contribution in [0.15, 0.2) is 11.6 Å². The molecule has 146 valence electrons. The fourth-order valence-corrected chi connectivity index (χ4v) is 6.30. The molecule has 0 aromatic rings. The fourth-order valence-electron chi connectivity index (χ4n) is 4.88. The van der Waals surface area contributed by atoms with Gasteiger partial charge in [0.25, 0.3) is 0 Å². The van der Waals surface area contributed by atoms with Gasteiger partial charge in [0, 0.05) is 11.3 Å². The molecular weight excluding hydrogens is 340 g/mol. The van der Waals surface area contributed by atoms with Gasteiger partial charge in [0.05, 0.1) is 6.10 Å². The van der Waals surface area contributed by atoms with E-state index in [-0.39, 0.29) is 28.3 Å². The average Bonchev–Trinajstić information content (AvgIpc) is 2.46. The van der Waals surface area contributed by atoms with Crippen LogP contribution in [-0.4, -0.2) is 30.9 Å². The van der Waals surface area contributed by atoms with Crippen LogP contribution in [0, 0.1) is 29.1 Å². The zero-order valence-electron chi connectivity index (χ0n) is 18.0. The molecule has 0 radical (unpaired) electrons. The number of carbonyl (C=O) groups excluding carboxylic acids is 1. The van der Waals surface area contributed by atoms with Crippen LogP contribution in [0.3, 0.4) is 0 Å². The van der Waals surface area contributed by atoms with Gasteiger partial charge < -0.3 is 9.53 Å². The minimum atomic E-state index is -2.09. The van der Waals surface area contributed by atoms with Crippen LogP contribution in [0.2, 0.25) is 18.1 Å². The van der Waals surface area contributed by atoms with E-state index in [0.717, 1.165) is 12.8 Å². The first kappa shape index (κ1) is 21.4. The van der Waals surface area contributed by atoms with E-state index >= 15 is 0 Å². The number of hydrogen-bond donors (Lipinski definition) is 1. The molecule has 3 nitrogen and oxygen atoms in total. The maximum atomic E-state index is 13.1. The van der Waals surface area contributed by atoms with Crippen LogP contribution < -0.4 is 0 Å². The van der Waals surface area contributed by atoms with E-state index in [9.17, 15) is 9.90 Å². The Kier molecular flexibility index (Phi) is 4.99. The Hall–Kier alpha value is -0.893. The van der Waals surface area contributed by atoms with Crippen molar-refractivity contribution < 1.29 is 14.3 Å². The predicted octanol–water partition coefficient (Wildman–Crippen LogP) is 4.71. The summed E-state index contributed by atoms with van der Waals surface area (Å²) in [5, 5.41) is 11.6. The second-order valence-electron chi connectivity index (χ2n) is 10.7. The lowest BCUT2D eigenvalue weighted by Gasteiger charge is -2.61. The third-order valence-corrected chi connectivity index (χ3v) is 12.0. The lowest BCUT2D eigenvalue weighted by atomic mass is 9.46. The number of aliphatic hydroxyl groups is 1. The number of terminal acetylenes is 1. The largest absolute Gasteiger partial charge is 0.413 e. The Balaban J connectivity index is 2.66. The highest BCUT2D eigenvalue weighted by atomic mass is 28.4. The van der Waals surface area contributed by atoms with E-state index < -0.39 is 19.3 Å². The minimum absolute atomic E-state index is 0.0453. The smallest absolute Gasteiger partial charge is 0.192 e. The fraction of sp³-hybridized carbons (Fsp3) is 0.773. The van der Waals surface area contributed by atoms with Crippen molar-refractivity contribution in [1.29, 1.82) is 0 Å². The quantitative estimate of drug-likeness (QED) is 0.561. The first-order valence-corrected chi connectivity index (χ1v) is 12.6. The van der Waals surface area contributed by atoms with Gasteiger partial charge in [-0.05, 0) is 55.0 Å². The van der Waals surface area contributed by atoms with Crippen molar-refractivity contribution >= 4 is 14.1 Å². The van der Waals surface area contributed by atoms with Crippen molar-refractivity contribution in [3.63, 3.8) is 0 Å². The molecule has 0 aromatic carbocycles. The molecule has 4 atom stereocenters. The second kappa shape index (κ2) is 6.05. The topological polar surface area (TPSA) is 46.5 Å². The Labute approximate surface area is 160 Å². The van der Waals surface area contributed by atoms with Gasteiger partial charge >= 0.3 is 0 Å². The van der Waals surface area contributed by atoms with Gasteiger partial charge in [-0.3, -0.25) is 4.79 Å². The van der Waals surface area contributed by atoms with Crippen molar-refractivity contribution in [3.05, 3.63) is 11.6 Å². The normalized spacial score (nSPS) is 37.6. The van der Waals surface area contributed by atoms with E-state index in [2.05, 4.69) is 53.6 Å². The number of allylic oxidation sites excluding steroid dienone is 1. The van der Waals surface area contributed by atoms with E-state index in [4.69, 9.17) is 10.8 Å². The molecule has 0 unspecified atom stereocenters. The molecular formula is C22H36O3Si. The summed E-state index contributed by atoms with van der Waals surface area (Å²) in [5.41, 5.74) is -1.99. The Morgan fingerprint density at radius 2 is 1.85 bits per heavy atom. The van der Waals surface area contributed by atoms with Crippen molar-refractivity contribution in [3.8, 4) is 12.3 Å². The molecule has 1 saturated carbocycles. The molecule has 0 aliphatic heterocycles. The van der Waals surface area contributed by atoms with Gasteiger partial charge in [-0.15, -0.1) is 6.42 Å². The zero-order chi connectivity index (χ0) is 20.3. The summed E-state index contributed by atoms with van der Waals surface area (Å²) in [6.45, 7) is 19.0. The predicted molar refractivity (Wildman–Crippen MR) is 109 cm³/mol. The third kappa shape index (κ3) is 2.84. The number of hydrogen-bond acceptors (Lipinski definition) is 3. The molecule has 2 rings (SSSR count). The standard InChI is InChI=1S/C22H36O3Si/c1-11-22(24)15(2)14-16(23)18-20(6,7)13-12-17(21(18,22)8)25-26(9,10)19(3,4)5/h1,14,17-18,24H,12-13H2,2-10H3/t17-,18-,21-,22+/m0/s1. The van der Waals surface area contributed by atoms with Crippen molar-refractivity contribution in [2.75, 3.05) is 0 Å². The highest BCUT2D eigenvalue weighted by Crippen LogP contribution is 2.61. The first-order chi connectivity index (χ1) is 11.5. The summed E-state index contributed by atoms with van der Waals surface area (Å²) in [4.78, 5) is 13.1. The maximum absolute atomic E-state index is 13.1. The molecule has 0 amide bonds. The highest BCUT2D eigenvalue weighted by molar-refractivity contribution is 6.74. The van der Waals surface area contributed by atoms with Crippen LogP contribution in [-0.2, 0) is 9.22 Å². The number of fused-ring (bicyclic) bond motifs is 1. The maximum Gasteiger partial charge on any atom is 0.192 e. The molecule has 1 fully saturated rings. The van der Waals surface area contributed by atoms with E-state index in [0.29, 0.717) is 5.57 Å². The van der Waals surface area contributed by atoms with E-state index in [1.807, 2.05) is 6.92 Å². The Morgan fingerprint density at radius 1 is 1.31 bits per heavy atom. The molecule has 0 spiro atoms. The SMILES string of the molecule is C#C[C@@]1(O)C(C)=CC(=O)[C@H]2C(C)(C)CC[C@H](O[Si](C)(C)C(C)(C)C)[C@@]21C. The summed E-state index contributed by atoms with van der Waals surface area (Å²) >= 11 is 0. The van der Waals surface area contributed by atoms with Crippen LogP contribution in [0.5, 0.6) is 0 Å². The molecule has 1 N–H and O–H groups in total. The van der Waals surface area contributed by atoms with Crippen LogP contribution in [0.1, 0.15) is 61.3 Å². The zero-order valence-corrected chi connectivity index (χ0v) is 19.0. The van der Waals surface area contributed by atoms with Crippen LogP contribution >= 0.6 is 0 Å². The highest BCUT2D eigenvalue weighted by Gasteiger charge is 2.67. The second-order valence-corrected chi connectivity index (χ2v) is 15.5. The molecule has 0 heterocycles. The molecule has 4 heteroatoms. The summed E-state index contributed by atoms with van der Waals surface area (Å²) < 4.78 is 6.81. The van der Waals surface area contributed by atoms with Crippen LogP contribution in [0.4, 0.5) is 0 Å². The summed E-state index contributed by atoms with van der Waals surface area (Å²) in [6, 6.07) is 0. The molecule has 0 saturated heterocycles. The van der Waals surface area contributed by atoms with Gasteiger partial charge in [0.15, 0.2) is 19.7 Å². The van der Waals surface area contributed by atoms with E-state index in [1.54, 1.807) is 13.0 Å². The summed E-state index contributed by atoms with van der Waals surface area (Å²) in [7, 11) is -2.09. The lowest BCUT2D eigenvalue weighted by molar-refractivity contribution is -0.179. The Bertz CT molecular complexity index is 676. The molecule has 0 aromatic heterocycles. The van der Waals surface area contributed by atoms with E-state index in [1.165, 1.54) is 0 Å². The molecule has 2 aliphatic carbocycles. The van der Waals surface area contributed by atoms with Crippen molar-refractivity contribution in [2.24, 2.45) is 16.7 Å². The number of carbonyl (C=O) groups is 1. The third-order valence-electron chi connectivity index (χ3n) is 7.55. The van der Waals surface area contributed by atoms with Gasteiger partial charge in [-0.1, -0.05) is 47.5 Å². The first-order valence-electron chi connectivity index (χ1n) is 9.65. The molecule has 26 heavy (non-hydrogen) atoms. The summed E-state index contributed by atoms with van der Waals surface area (Å²) in [6.07, 6.45) is 8.87. The monoisotopic (exact) mass is 376 g/mol. The number of rotatable bonds is 2. The minimum Gasteiger partial charge on any atom is -0.413 e. The van der Waals surface area contributed by atoms with Gasteiger partial charge in [0.1, 0.15) is 0 Å². The van der Waals surface area contributed by atoms with Crippen LogP contribution in [0.25, 0.3) is 0 Å². The number of ketones is 1. The van der Waals surface area contributed by atoms with Gasteiger partial charge in [-0.2, -0.15) is 0 Å². The molecule has 0 bridgehead atoms. The molecule has 2 aliphatic rings. The summed E-state index contributed by atoms with van der Waals surface area (Å²) in [5.74, 6) is 2.36. The lowest BCUT2D eigenvalue weighted by Crippen LogP contribution is -2.68. The van der Waals surface area contributed by atoms with Gasteiger partial charge in [-0.25, -0.2) is 0 Å².